The van der Waals surface area contributed by atoms with Gasteiger partial charge in [0.1, 0.15) is 0 Å². The van der Waals surface area contributed by atoms with Crippen LogP contribution in [0.5, 0.6) is 0 Å². The Hall–Kier alpha value is -1.63. The van der Waals surface area contributed by atoms with Crippen LogP contribution in [0.1, 0.15) is 38.3 Å². The smallest absolute Gasteiger partial charge is 0.191 e. The summed E-state index contributed by atoms with van der Waals surface area (Å²) in [5, 5.41) is 17.6. The second-order valence-electron chi connectivity index (χ2n) is 9.31. The Morgan fingerprint density at radius 2 is 2.14 bits per heavy atom. The monoisotopic (exact) mass is 400 g/mol. The van der Waals surface area contributed by atoms with E-state index in [2.05, 4.69) is 60.6 Å². The largest absolute Gasteiger partial charge is 0.390 e. The van der Waals surface area contributed by atoms with Gasteiger partial charge in [0.15, 0.2) is 5.96 Å². The molecule has 3 aliphatic rings. The first kappa shape index (κ1) is 20.6. The predicted octanol–water partition coefficient (Wildman–Crippen LogP) is 1.77. The van der Waals surface area contributed by atoms with Crippen molar-refractivity contribution in [3.05, 3.63) is 35.4 Å². The van der Waals surface area contributed by atoms with Crippen LogP contribution in [-0.2, 0) is 17.7 Å². The van der Waals surface area contributed by atoms with E-state index in [1.165, 1.54) is 11.1 Å². The molecular weight excluding hydrogens is 364 g/mol. The summed E-state index contributed by atoms with van der Waals surface area (Å²) in [5.41, 5.74) is 2.93. The van der Waals surface area contributed by atoms with Crippen molar-refractivity contribution in [3.63, 3.8) is 0 Å². The molecule has 0 aromatic heterocycles. The van der Waals surface area contributed by atoms with Crippen LogP contribution in [0.3, 0.4) is 0 Å². The van der Waals surface area contributed by atoms with Crippen molar-refractivity contribution in [1.29, 1.82) is 0 Å². The number of aliphatic imine (C=N–C) groups is 1. The second-order valence-corrected chi connectivity index (χ2v) is 9.31. The molecule has 1 aromatic carbocycles. The molecule has 4 atom stereocenters. The van der Waals surface area contributed by atoms with E-state index in [-0.39, 0.29) is 5.41 Å². The molecule has 2 aliphatic heterocycles. The van der Waals surface area contributed by atoms with Gasteiger partial charge >= 0.3 is 0 Å². The van der Waals surface area contributed by atoms with Gasteiger partial charge in [0.05, 0.1) is 18.8 Å². The number of nitrogens with zero attached hydrogens (tertiary/aromatic N) is 2. The van der Waals surface area contributed by atoms with Gasteiger partial charge in [-0.3, -0.25) is 9.89 Å². The molecule has 1 aromatic rings. The number of β-amino-alcohol motifs (C(OH)–C–C–N with tert-alkyl or cyclic N) is 1. The normalized spacial score (nSPS) is 29.5. The molecule has 4 rings (SSSR count). The average molecular weight is 401 g/mol. The minimum atomic E-state index is -0.465. The van der Waals surface area contributed by atoms with Crippen LogP contribution in [0.15, 0.2) is 29.3 Å². The van der Waals surface area contributed by atoms with Crippen molar-refractivity contribution in [1.82, 2.24) is 15.5 Å². The maximum Gasteiger partial charge on any atom is 0.191 e. The van der Waals surface area contributed by atoms with Crippen molar-refractivity contribution in [2.75, 3.05) is 32.8 Å². The highest BCUT2D eigenvalue weighted by atomic mass is 16.5. The molecule has 4 unspecified atom stereocenters. The number of fused-ring (bicyclic) bond motifs is 2. The maximum atomic E-state index is 10.6. The van der Waals surface area contributed by atoms with Gasteiger partial charge < -0.3 is 20.5 Å². The van der Waals surface area contributed by atoms with Crippen molar-refractivity contribution < 1.29 is 9.84 Å². The molecule has 2 fully saturated rings. The molecule has 6 heteroatoms. The third kappa shape index (κ3) is 4.30. The van der Waals surface area contributed by atoms with Crippen LogP contribution in [0.4, 0.5) is 0 Å². The van der Waals surface area contributed by atoms with E-state index in [0.29, 0.717) is 31.2 Å². The number of guanidine groups is 1. The van der Waals surface area contributed by atoms with Crippen LogP contribution < -0.4 is 10.6 Å². The van der Waals surface area contributed by atoms with E-state index < -0.39 is 6.10 Å². The van der Waals surface area contributed by atoms with Gasteiger partial charge in [-0.1, -0.05) is 38.1 Å². The fourth-order valence-electron chi connectivity index (χ4n) is 5.35. The van der Waals surface area contributed by atoms with Gasteiger partial charge in [0, 0.05) is 50.2 Å². The lowest BCUT2D eigenvalue weighted by Crippen LogP contribution is -2.68. The van der Waals surface area contributed by atoms with E-state index in [9.17, 15) is 5.11 Å². The van der Waals surface area contributed by atoms with E-state index in [0.717, 1.165) is 45.0 Å². The zero-order valence-electron chi connectivity index (χ0n) is 18.0. The van der Waals surface area contributed by atoms with Crippen LogP contribution in [0, 0.1) is 11.3 Å². The van der Waals surface area contributed by atoms with Crippen LogP contribution >= 0.6 is 0 Å². The van der Waals surface area contributed by atoms with E-state index in [1.807, 2.05) is 0 Å². The van der Waals surface area contributed by atoms with Crippen LogP contribution in [0.25, 0.3) is 0 Å². The molecule has 1 saturated heterocycles. The van der Waals surface area contributed by atoms with Gasteiger partial charge in [-0.2, -0.15) is 0 Å². The van der Waals surface area contributed by atoms with E-state index >= 15 is 0 Å². The molecule has 1 saturated carbocycles. The van der Waals surface area contributed by atoms with Gasteiger partial charge in [-0.25, -0.2) is 0 Å². The van der Waals surface area contributed by atoms with Gasteiger partial charge in [-0.15, -0.1) is 0 Å². The quantitative estimate of drug-likeness (QED) is 0.502. The highest BCUT2D eigenvalue weighted by molar-refractivity contribution is 5.80. The standard InChI is InChI=1S/C23H36N4O2/c1-4-24-22(26-20-19-10-12-29-21(19)23(20,2)3)25-13-18(28)15-27-11-9-16-7-5-6-8-17(16)14-27/h5-8,18-21,28H,4,9-15H2,1-3H3,(H2,24,25,26). The zero-order chi connectivity index (χ0) is 20.4. The minimum Gasteiger partial charge on any atom is -0.390 e. The summed E-state index contributed by atoms with van der Waals surface area (Å²) >= 11 is 0. The number of aliphatic hydroxyl groups excluding tert-OH is 1. The number of rotatable bonds is 6. The molecule has 6 nitrogen and oxygen atoms in total. The third-order valence-corrected chi connectivity index (χ3v) is 6.88. The topological polar surface area (TPSA) is 69.1 Å². The zero-order valence-corrected chi connectivity index (χ0v) is 18.0. The summed E-state index contributed by atoms with van der Waals surface area (Å²) in [6, 6.07) is 8.97. The van der Waals surface area contributed by atoms with Crippen molar-refractivity contribution >= 4 is 5.96 Å². The molecule has 1 aliphatic carbocycles. The maximum absolute atomic E-state index is 10.6. The van der Waals surface area contributed by atoms with Crippen molar-refractivity contribution in [3.8, 4) is 0 Å². The summed E-state index contributed by atoms with van der Waals surface area (Å²) in [5.74, 6) is 1.37. The van der Waals surface area contributed by atoms with Crippen molar-refractivity contribution in [2.24, 2.45) is 16.3 Å². The number of nitrogens with one attached hydrogen (secondary N) is 2. The lowest BCUT2D eigenvalue weighted by Gasteiger charge is -2.54. The number of hydrogen-bond acceptors (Lipinski definition) is 4. The first-order chi connectivity index (χ1) is 14.0. The molecular formula is C23H36N4O2. The average Bonchev–Trinajstić information content (AvgIpc) is 3.17. The van der Waals surface area contributed by atoms with Gasteiger partial charge in [0.2, 0.25) is 0 Å². The van der Waals surface area contributed by atoms with Gasteiger partial charge in [0.25, 0.3) is 0 Å². The fourth-order valence-corrected chi connectivity index (χ4v) is 5.35. The Labute approximate surface area is 174 Å². The Morgan fingerprint density at radius 3 is 2.93 bits per heavy atom. The highest BCUT2D eigenvalue weighted by Crippen LogP contribution is 2.52. The first-order valence-corrected chi connectivity index (χ1v) is 11.1. The number of ether oxygens (including phenoxy) is 1. The summed E-state index contributed by atoms with van der Waals surface area (Å²) < 4.78 is 5.90. The highest BCUT2D eigenvalue weighted by Gasteiger charge is 2.59. The Balaban J connectivity index is 1.31. The molecule has 3 N–H and O–H groups in total. The fraction of sp³-hybridized carbons (Fsp3) is 0.696. The Morgan fingerprint density at radius 1 is 1.34 bits per heavy atom. The number of benzene rings is 1. The first-order valence-electron chi connectivity index (χ1n) is 11.1. The Bertz CT molecular complexity index is 735. The lowest BCUT2D eigenvalue weighted by molar-refractivity contribution is -0.106. The molecule has 0 amide bonds. The van der Waals surface area contributed by atoms with Crippen LogP contribution in [-0.4, -0.2) is 67.0 Å². The number of aliphatic hydroxyl groups is 1. The summed E-state index contributed by atoms with van der Waals surface area (Å²) in [7, 11) is 0. The number of hydrogen-bond donors (Lipinski definition) is 3. The minimum absolute atomic E-state index is 0.108. The SMILES string of the molecule is CCNC(=NCC(O)CN1CCc2ccccc2C1)NC1C2CCOC2C1(C)C. The van der Waals surface area contributed by atoms with Crippen molar-refractivity contribution in [2.45, 2.75) is 58.4 Å². The Kier molecular flexibility index (Phi) is 6.13. The molecule has 0 bridgehead atoms. The summed E-state index contributed by atoms with van der Waals surface area (Å²) in [6.45, 7) is 11.3. The molecule has 2 heterocycles. The van der Waals surface area contributed by atoms with Crippen LogP contribution in [0.2, 0.25) is 0 Å². The van der Waals surface area contributed by atoms with E-state index in [1.54, 1.807) is 0 Å². The van der Waals surface area contributed by atoms with E-state index in [4.69, 9.17) is 9.73 Å². The van der Waals surface area contributed by atoms with Gasteiger partial charge in [-0.05, 0) is 30.9 Å². The summed E-state index contributed by atoms with van der Waals surface area (Å²) in [6.07, 6.45) is 2.06. The molecule has 29 heavy (non-hydrogen) atoms. The second kappa shape index (κ2) is 8.62. The molecule has 0 radical (unpaired) electrons. The molecule has 160 valence electrons. The third-order valence-electron chi connectivity index (χ3n) is 6.88. The summed E-state index contributed by atoms with van der Waals surface area (Å²) in [4.78, 5) is 7.03. The predicted molar refractivity (Wildman–Crippen MR) is 116 cm³/mol. The molecule has 0 spiro atoms. The lowest BCUT2D eigenvalue weighted by atomic mass is 9.57.